The minimum Gasteiger partial charge on any atom is -0.293 e. The van der Waals surface area contributed by atoms with Crippen LogP contribution in [-0.2, 0) is 13.1 Å². The summed E-state index contributed by atoms with van der Waals surface area (Å²) in [6.07, 6.45) is 0. The summed E-state index contributed by atoms with van der Waals surface area (Å²) in [5.41, 5.74) is 1.97. The van der Waals surface area contributed by atoms with Crippen molar-refractivity contribution < 1.29 is 0 Å². The molecule has 0 bridgehead atoms. The number of nitrogens with zero attached hydrogens (tertiary/aromatic N) is 4. The molecule has 2 heterocycles. The smallest absolute Gasteiger partial charge is 0.144 e. The fourth-order valence-corrected chi connectivity index (χ4v) is 2.57. The molecular formula is C12H15ClN4S. The number of aryl methyl sites for hydroxylation is 2. The summed E-state index contributed by atoms with van der Waals surface area (Å²) in [5.74, 6) is 0.745. The van der Waals surface area contributed by atoms with E-state index in [0.29, 0.717) is 11.7 Å². The molecule has 0 saturated carbocycles. The summed E-state index contributed by atoms with van der Waals surface area (Å²) in [4.78, 5) is 15.1. The third kappa shape index (κ3) is 3.73. The van der Waals surface area contributed by atoms with Crippen molar-refractivity contribution >= 4 is 22.9 Å². The zero-order valence-electron chi connectivity index (χ0n) is 10.6. The summed E-state index contributed by atoms with van der Waals surface area (Å²) in [6.45, 7) is 5.38. The molecule has 0 unspecified atom stereocenters. The van der Waals surface area contributed by atoms with Gasteiger partial charge in [-0.15, -0.1) is 11.3 Å². The fourth-order valence-electron chi connectivity index (χ4n) is 1.71. The van der Waals surface area contributed by atoms with Crippen LogP contribution in [0.15, 0.2) is 11.4 Å². The molecule has 0 spiro atoms. The van der Waals surface area contributed by atoms with E-state index in [9.17, 15) is 0 Å². The van der Waals surface area contributed by atoms with Crippen molar-refractivity contribution in [3.8, 4) is 0 Å². The van der Waals surface area contributed by atoms with E-state index in [1.165, 1.54) is 0 Å². The van der Waals surface area contributed by atoms with Crippen LogP contribution < -0.4 is 0 Å². The minimum absolute atomic E-state index is 0.496. The van der Waals surface area contributed by atoms with Crippen molar-refractivity contribution in [2.24, 2.45) is 0 Å². The normalized spacial score (nSPS) is 11.2. The Balaban J connectivity index is 2.00. The first kappa shape index (κ1) is 13.4. The van der Waals surface area contributed by atoms with Crippen LogP contribution >= 0.6 is 22.9 Å². The van der Waals surface area contributed by atoms with Crippen LogP contribution in [0.1, 0.15) is 22.2 Å². The lowest BCUT2D eigenvalue weighted by Gasteiger charge is -2.14. The molecule has 0 fully saturated rings. The predicted molar refractivity (Wildman–Crippen MR) is 73.8 cm³/mol. The van der Waals surface area contributed by atoms with Gasteiger partial charge in [0.25, 0.3) is 0 Å². The van der Waals surface area contributed by atoms with E-state index in [1.54, 1.807) is 17.4 Å². The lowest BCUT2D eigenvalue weighted by atomic mass is 10.4. The van der Waals surface area contributed by atoms with E-state index < -0.39 is 0 Å². The highest BCUT2D eigenvalue weighted by molar-refractivity contribution is 7.09. The third-order valence-corrected chi connectivity index (χ3v) is 3.40. The topological polar surface area (TPSA) is 41.9 Å². The number of hydrogen-bond acceptors (Lipinski definition) is 5. The van der Waals surface area contributed by atoms with Crippen LogP contribution in [0.25, 0.3) is 0 Å². The molecule has 6 heteroatoms. The highest BCUT2D eigenvalue weighted by Crippen LogP contribution is 2.12. The second-order valence-electron chi connectivity index (χ2n) is 4.28. The molecule has 18 heavy (non-hydrogen) atoms. The highest BCUT2D eigenvalue weighted by atomic mass is 35.5. The number of aromatic nitrogens is 3. The Morgan fingerprint density at radius 1 is 1.22 bits per heavy atom. The number of thiazole rings is 1. The summed E-state index contributed by atoms with van der Waals surface area (Å²) in [7, 11) is 2.02. The molecule has 2 rings (SSSR count). The molecule has 4 nitrogen and oxygen atoms in total. The van der Waals surface area contributed by atoms with Crippen molar-refractivity contribution in [3.63, 3.8) is 0 Å². The lowest BCUT2D eigenvalue weighted by Crippen LogP contribution is -2.19. The van der Waals surface area contributed by atoms with Gasteiger partial charge in [-0.1, -0.05) is 11.6 Å². The molecule has 0 aromatic carbocycles. The van der Waals surface area contributed by atoms with Gasteiger partial charge in [-0.25, -0.2) is 15.0 Å². The Bertz CT molecular complexity index is 520. The molecule has 2 aromatic heterocycles. The molecule has 96 valence electrons. The van der Waals surface area contributed by atoms with Gasteiger partial charge in [0.2, 0.25) is 0 Å². The van der Waals surface area contributed by atoms with Crippen LogP contribution in [0.4, 0.5) is 0 Å². The first-order valence-corrected chi connectivity index (χ1v) is 6.88. The maximum absolute atomic E-state index is 5.92. The zero-order valence-corrected chi connectivity index (χ0v) is 12.2. The van der Waals surface area contributed by atoms with Gasteiger partial charge in [0, 0.05) is 17.6 Å². The summed E-state index contributed by atoms with van der Waals surface area (Å²) in [5, 5.41) is 3.67. The Morgan fingerprint density at radius 2 is 2.00 bits per heavy atom. The Kier molecular flexibility index (Phi) is 4.27. The van der Waals surface area contributed by atoms with E-state index in [1.807, 2.05) is 20.9 Å². The molecule has 0 aliphatic carbocycles. The standard InChI is InChI=1S/C12H15ClN4S/c1-8-4-11(13)16-12(14-8)6-17(3)5-10-7-18-9(2)15-10/h4,7H,5-6H2,1-3H3. The molecular weight excluding hydrogens is 268 g/mol. The van der Waals surface area contributed by atoms with Crippen LogP contribution in [0.2, 0.25) is 5.15 Å². The van der Waals surface area contributed by atoms with E-state index in [-0.39, 0.29) is 0 Å². The summed E-state index contributed by atoms with van der Waals surface area (Å²) < 4.78 is 0. The first-order chi connectivity index (χ1) is 8.52. The van der Waals surface area contributed by atoms with Gasteiger partial charge in [-0.2, -0.15) is 0 Å². The number of hydrogen-bond donors (Lipinski definition) is 0. The molecule has 0 N–H and O–H groups in total. The van der Waals surface area contributed by atoms with Crippen LogP contribution in [0.5, 0.6) is 0 Å². The van der Waals surface area contributed by atoms with Gasteiger partial charge in [-0.3, -0.25) is 4.90 Å². The molecule has 0 aliphatic rings. The van der Waals surface area contributed by atoms with Gasteiger partial charge in [-0.05, 0) is 27.0 Å². The maximum atomic E-state index is 5.92. The van der Waals surface area contributed by atoms with Crippen molar-refractivity contribution in [2.75, 3.05) is 7.05 Å². The van der Waals surface area contributed by atoms with Gasteiger partial charge in [0.05, 0.1) is 17.2 Å². The van der Waals surface area contributed by atoms with Crippen LogP contribution in [-0.4, -0.2) is 26.9 Å². The summed E-state index contributed by atoms with van der Waals surface area (Å²) in [6, 6.07) is 1.76. The second-order valence-corrected chi connectivity index (χ2v) is 5.73. The second kappa shape index (κ2) is 5.73. The van der Waals surface area contributed by atoms with Crippen molar-refractivity contribution in [3.05, 3.63) is 38.8 Å². The lowest BCUT2D eigenvalue weighted by molar-refractivity contribution is 0.307. The van der Waals surface area contributed by atoms with E-state index in [0.717, 1.165) is 28.8 Å². The largest absolute Gasteiger partial charge is 0.293 e. The molecule has 0 saturated heterocycles. The average molecular weight is 283 g/mol. The van der Waals surface area contributed by atoms with Crippen LogP contribution in [0, 0.1) is 13.8 Å². The van der Waals surface area contributed by atoms with E-state index >= 15 is 0 Å². The zero-order chi connectivity index (χ0) is 13.1. The van der Waals surface area contributed by atoms with Crippen molar-refractivity contribution in [2.45, 2.75) is 26.9 Å². The average Bonchev–Trinajstić information content (AvgIpc) is 2.61. The van der Waals surface area contributed by atoms with Gasteiger partial charge < -0.3 is 0 Å². The number of halogens is 1. The molecule has 2 aromatic rings. The SMILES string of the molecule is Cc1cc(Cl)nc(CN(C)Cc2csc(C)n2)n1. The molecule has 0 atom stereocenters. The van der Waals surface area contributed by atoms with Crippen molar-refractivity contribution in [1.82, 2.24) is 19.9 Å². The first-order valence-electron chi connectivity index (χ1n) is 5.62. The van der Waals surface area contributed by atoms with Gasteiger partial charge in [0.1, 0.15) is 11.0 Å². The van der Waals surface area contributed by atoms with Crippen molar-refractivity contribution in [1.29, 1.82) is 0 Å². The Hall–Kier alpha value is -1.04. The fraction of sp³-hybridized carbons (Fsp3) is 0.417. The Morgan fingerprint density at radius 3 is 2.61 bits per heavy atom. The minimum atomic E-state index is 0.496. The monoisotopic (exact) mass is 282 g/mol. The van der Waals surface area contributed by atoms with Gasteiger partial charge >= 0.3 is 0 Å². The molecule has 0 radical (unpaired) electrons. The van der Waals surface area contributed by atoms with Gasteiger partial charge in [0.15, 0.2) is 0 Å². The maximum Gasteiger partial charge on any atom is 0.144 e. The predicted octanol–water partition coefficient (Wildman–Crippen LogP) is 2.84. The van der Waals surface area contributed by atoms with Crippen LogP contribution in [0.3, 0.4) is 0 Å². The number of rotatable bonds is 4. The Labute approximate surface area is 116 Å². The van der Waals surface area contributed by atoms with E-state index in [2.05, 4.69) is 25.2 Å². The quantitative estimate of drug-likeness (QED) is 0.809. The molecule has 0 aliphatic heterocycles. The molecule has 0 amide bonds. The summed E-state index contributed by atoms with van der Waals surface area (Å²) >= 11 is 7.58. The highest BCUT2D eigenvalue weighted by Gasteiger charge is 2.07. The van der Waals surface area contributed by atoms with E-state index in [4.69, 9.17) is 11.6 Å². The third-order valence-electron chi connectivity index (χ3n) is 2.38.